The molecular formula is C21H14F3N3O3. The van der Waals surface area contributed by atoms with Crippen molar-refractivity contribution in [2.45, 2.75) is 12.6 Å². The van der Waals surface area contributed by atoms with Gasteiger partial charge in [-0.3, -0.25) is 4.79 Å². The molecule has 1 amide bonds. The van der Waals surface area contributed by atoms with Crippen molar-refractivity contribution in [2.24, 2.45) is 0 Å². The van der Waals surface area contributed by atoms with Crippen LogP contribution in [-0.2, 0) is 12.6 Å². The van der Waals surface area contributed by atoms with Crippen LogP contribution in [0.4, 0.5) is 18.9 Å². The van der Waals surface area contributed by atoms with Gasteiger partial charge < -0.3 is 14.3 Å². The summed E-state index contributed by atoms with van der Waals surface area (Å²) in [5, 5.41) is 6.50. The minimum Gasteiger partial charge on any atom is -0.461 e. The fourth-order valence-electron chi connectivity index (χ4n) is 2.82. The number of rotatable bonds is 5. The number of hydrogen-bond acceptors (Lipinski definition) is 5. The first-order valence-electron chi connectivity index (χ1n) is 8.83. The summed E-state index contributed by atoms with van der Waals surface area (Å²) < 4.78 is 49.2. The Morgan fingerprint density at radius 2 is 1.87 bits per heavy atom. The zero-order valence-corrected chi connectivity index (χ0v) is 15.3. The average Bonchev–Trinajstić information content (AvgIpc) is 3.41. The molecule has 6 nitrogen and oxygen atoms in total. The van der Waals surface area contributed by atoms with Gasteiger partial charge in [-0.05, 0) is 42.0 Å². The van der Waals surface area contributed by atoms with E-state index in [2.05, 4.69) is 15.5 Å². The molecule has 0 unspecified atom stereocenters. The van der Waals surface area contributed by atoms with Crippen molar-refractivity contribution < 1.29 is 26.9 Å². The van der Waals surface area contributed by atoms with E-state index in [1.807, 2.05) is 0 Å². The molecule has 0 aliphatic heterocycles. The van der Waals surface area contributed by atoms with E-state index in [9.17, 15) is 18.0 Å². The molecule has 2 aromatic heterocycles. The molecule has 2 heterocycles. The van der Waals surface area contributed by atoms with Gasteiger partial charge in [0.15, 0.2) is 5.76 Å². The Hall–Kier alpha value is -3.88. The summed E-state index contributed by atoms with van der Waals surface area (Å²) in [6.45, 7) is 0. The molecule has 0 aliphatic carbocycles. The van der Waals surface area contributed by atoms with E-state index in [1.165, 1.54) is 18.4 Å². The second-order valence-corrected chi connectivity index (χ2v) is 6.36. The molecule has 4 aromatic rings. The third-order valence-corrected chi connectivity index (χ3v) is 4.27. The maximum atomic E-state index is 12.9. The Balaban J connectivity index is 1.53. The van der Waals surface area contributed by atoms with Crippen molar-refractivity contribution in [3.63, 3.8) is 0 Å². The van der Waals surface area contributed by atoms with Gasteiger partial charge >= 0.3 is 6.18 Å². The molecule has 0 saturated carbocycles. The van der Waals surface area contributed by atoms with Crippen molar-refractivity contribution in [1.29, 1.82) is 0 Å². The SMILES string of the molecule is O=C(Nc1ccccc1Cc1nc(-c2ccco2)no1)c1cccc(C(F)(F)F)c1. The third kappa shape index (κ3) is 4.24. The van der Waals surface area contributed by atoms with E-state index in [4.69, 9.17) is 8.94 Å². The molecule has 0 saturated heterocycles. The van der Waals surface area contributed by atoms with Gasteiger partial charge in [-0.2, -0.15) is 18.2 Å². The minimum atomic E-state index is -4.53. The minimum absolute atomic E-state index is 0.0995. The maximum absolute atomic E-state index is 12.9. The number of hydrogen-bond donors (Lipinski definition) is 1. The Morgan fingerprint density at radius 1 is 1.03 bits per heavy atom. The molecule has 30 heavy (non-hydrogen) atoms. The first-order chi connectivity index (χ1) is 14.4. The van der Waals surface area contributed by atoms with E-state index in [0.29, 0.717) is 28.7 Å². The number of halogens is 3. The van der Waals surface area contributed by atoms with Gasteiger partial charge in [-0.1, -0.05) is 29.4 Å². The molecule has 9 heteroatoms. The van der Waals surface area contributed by atoms with E-state index < -0.39 is 17.6 Å². The Labute approximate surface area is 168 Å². The smallest absolute Gasteiger partial charge is 0.416 e. The number of aromatic nitrogens is 2. The van der Waals surface area contributed by atoms with Crippen LogP contribution in [0.15, 0.2) is 75.9 Å². The first kappa shape index (κ1) is 19.4. The second kappa shape index (κ2) is 7.86. The number of furan rings is 1. The van der Waals surface area contributed by atoms with Crippen molar-refractivity contribution in [3.05, 3.63) is 89.5 Å². The topological polar surface area (TPSA) is 81.2 Å². The molecule has 0 spiro atoms. The summed E-state index contributed by atoms with van der Waals surface area (Å²) >= 11 is 0. The lowest BCUT2D eigenvalue weighted by Gasteiger charge is -2.11. The van der Waals surface area contributed by atoms with Gasteiger partial charge in [0.2, 0.25) is 11.7 Å². The first-order valence-corrected chi connectivity index (χ1v) is 8.83. The molecular weight excluding hydrogens is 399 g/mol. The standard InChI is InChI=1S/C21H14F3N3O3/c22-21(23,24)15-7-3-6-14(11-15)20(28)25-16-8-2-1-5-13(16)12-18-26-19(27-30-18)17-9-4-10-29-17/h1-11H,12H2,(H,25,28). The zero-order valence-electron chi connectivity index (χ0n) is 15.3. The van der Waals surface area contributed by atoms with Crippen molar-refractivity contribution in [2.75, 3.05) is 5.32 Å². The summed E-state index contributed by atoms with van der Waals surface area (Å²) in [6.07, 6.45) is -2.82. The summed E-state index contributed by atoms with van der Waals surface area (Å²) in [4.78, 5) is 16.8. The molecule has 1 N–H and O–H groups in total. The normalized spacial score (nSPS) is 11.4. The summed E-state index contributed by atoms with van der Waals surface area (Å²) in [7, 11) is 0. The highest BCUT2D eigenvalue weighted by molar-refractivity contribution is 6.04. The van der Waals surface area contributed by atoms with Crippen LogP contribution in [0.3, 0.4) is 0 Å². The lowest BCUT2D eigenvalue weighted by molar-refractivity contribution is -0.137. The number of carbonyl (C=O) groups is 1. The second-order valence-electron chi connectivity index (χ2n) is 6.36. The van der Waals surface area contributed by atoms with Crippen molar-refractivity contribution >= 4 is 11.6 Å². The van der Waals surface area contributed by atoms with Gasteiger partial charge in [0.25, 0.3) is 5.91 Å². The average molecular weight is 413 g/mol. The zero-order chi connectivity index (χ0) is 21.1. The van der Waals surface area contributed by atoms with Gasteiger partial charge in [-0.15, -0.1) is 0 Å². The summed E-state index contributed by atoms with van der Waals surface area (Å²) in [5.41, 5.74) is 0.0994. The molecule has 0 aliphatic rings. The fraction of sp³-hybridized carbons (Fsp3) is 0.0952. The highest BCUT2D eigenvalue weighted by Crippen LogP contribution is 2.30. The van der Waals surface area contributed by atoms with Crippen LogP contribution in [0.5, 0.6) is 0 Å². The lowest BCUT2D eigenvalue weighted by Crippen LogP contribution is -2.15. The Morgan fingerprint density at radius 3 is 2.63 bits per heavy atom. The maximum Gasteiger partial charge on any atom is 0.416 e. The predicted molar refractivity (Wildman–Crippen MR) is 101 cm³/mol. The fourth-order valence-corrected chi connectivity index (χ4v) is 2.82. The summed E-state index contributed by atoms with van der Waals surface area (Å²) in [6, 6.07) is 14.5. The quantitative estimate of drug-likeness (QED) is 0.487. The molecule has 0 radical (unpaired) electrons. The largest absolute Gasteiger partial charge is 0.461 e. The van der Waals surface area contributed by atoms with E-state index >= 15 is 0 Å². The van der Waals surface area contributed by atoms with Gasteiger partial charge in [-0.25, -0.2) is 0 Å². The van der Waals surface area contributed by atoms with E-state index in [1.54, 1.807) is 36.4 Å². The lowest BCUT2D eigenvalue weighted by atomic mass is 10.1. The summed E-state index contributed by atoms with van der Waals surface area (Å²) in [5.74, 6) is 0.383. The number of carbonyl (C=O) groups excluding carboxylic acids is 1. The van der Waals surface area contributed by atoms with Gasteiger partial charge in [0.05, 0.1) is 18.2 Å². The highest BCUT2D eigenvalue weighted by atomic mass is 19.4. The van der Waals surface area contributed by atoms with Crippen molar-refractivity contribution in [1.82, 2.24) is 10.1 Å². The van der Waals surface area contributed by atoms with Crippen LogP contribution in [-0.4, -0.2) is 16.0 Å². The molecule has 4 rings (SSSR count). The Bertz CT molecular complexity index is 1170. The Kier molecular flexibility index (Phi) is 5.09. The van der Waals surface area contributed by atoms with Crippen LogP contribution in [0.1, 0.15) is 27.4 Å². The number of amides is 1. The number of nitrogens with one attached hydrogen (secondary N) is 1. The van der Waals surface area contributed by atoms with Gasteiger partial charge in [0, 0.05) is 11.3 Å². The van der Waals surface area contributed by atoms with E-state index in [0.717, 1.165) is 12.1 Å². The van der Waals surface area contributed by atoms with Crippen molar-refractivity contribution in [3.8, 4) is 11.6 Å². The number of nitrogens with zero attached hydrogens (tertiary/aromatic N) is 2. The number of anilines is 1. The number of para-hydroxylation sites is 1. The molecule has 152 valence electrons. The number of benzene rings is 2. The monoisotopic (exact) mass is 413 g/mol. The third-order valence-electron chi connectivity index (χ3n) is 4.27. The number of alkyl halides is 3. The molecule has 2 aromatic carbocycles. The molecule has 0 atom stereocenters. The van der Waals surface area contributed by atoms with Crippen LogP contribution in [0.25, 0.3) is 11.6 Å². The van der Waals surface area contributed by atoms with Crippen LogP contribution in [0, 0.1) is 0 Å². The van der Waals surface area contributed by atoms with E-state index in [-0.39, 0.29) is 12.0 Å². The van der Waals surface area contributed by atoms with Crippen LogP contribution in [0.2, 0.25) is 0 Å². The van der Waals surface area contributed by atoms with Crippen LogP contribution < -0.4 is 5.32 Å². The van der Waals surface area contributed by atoms with Crippen LogP contribution >= 0.6 is 0 Å². The van der Waals surface area contributed by atoms with Gasteiger partial charge in [0.1, 0.15) is 0 Å². The highest BCUT2D eigenvalue weighted by Gasteiger charge is 2.31. The molecule has 0 fully saturated rings. The molecule has 0 bridgehead atoms. The predicted octanol–water partition coefficient (Wildman–Crippen LogP) is 5.19.